The first-order valence-corrected chi connectivity index (χ1v) is 6.05. The Kier molecular flexibility index (Phi) is 3.25. The van der Waals surface area contributed by atoms with Gasteiger partial charge in [-0.3, -0.25) is 0 Å². The van der Waals surface area contributed by atoms with E-state index >= 15 is 0 Å². The lowest BCUT2D eigenvalue weighted by molar-refractivity contribution is 0.482. The van der Waals surface area contributed by atoms with Crippen molar-refractivity contribution in [2.24, 2.45) is 11.8 Å². The van der Waals surface area contributed by atoms with Gasteiger partial charge in [-0.15, -0.1) is 0 Å². The summed E-state index contributed by atoms with van der Waals surface area (Å²) in [6, 6.07) is 0. The molecule has 2 aliphatic carbocycles. The molecule has 0 aromatic rings. The van der Waals surface area contributed by atoms with Gasteiger partial charge in [-0.2, -0.15) is 0 Å². The summed E-state index contributed by atoms with van der Waals surface area (Å²) < 4.78 is 0. The van der Waals surface area contributed by atoms with Crippen LogP contribution in [0.15, 0.2) is 47.6 Å². The van der Waals surface area contributed by atoms with Crippen molar-refractivity contribution in [2.45, 2.75) is 33.1 Å². The fourth-order valence-corrected chi connectivity index (χ4v) is 2.53. The highest BCUT2D eigenvalue weighted by molar-refractivity contribution is 5.41. The van der Waals surface area contributed by atoms with Crippen LogP contribution in [-0.2, 0) is 0 Å². The van der Waals surface area contributed by atoms with Gasteiger partial charge in [-0.05, 0) is 36.3 Å². The van der Waals surface area contributed by atoms with E-state index in [1.807, 2.05) is 0 Å². The van der Waals surface area contributed by atoms with Crippen LogP contribution in [0.5, 0.6) is 0 Å². The molecule has 0 saturated heterocycles. The molecule has 0 fully saturated rings. The number of hydrogen-bond acceptors (Lipinski definition) is 0. The number of allylic oxidation sites excluding steroid dienone is 8. The van der Waals surface area contributed by atoms with Crippen molar-refractivity contribution in [2.75, 3.05) is 0 Å². The molecular formula is C15H20. The van der Waals surface area contributed by atoms with Crippen LogP contribution in [0.25, 0.3) is 0 Å². The van der Waals surface area contributed by atoms with Gasteiger partial charge in [0.05, 0.1) is 0 Å². The molecule has 0 amide bonds. The number of fused-ring (bicyclic) bond motifs is 1. The van der Waals surface area contributed by atoms with Gasteiger partial charge in [0.15, 0.2) is 0 Å². The molecule has 0 heterocycles. The Morgan fingerprint density at radius 3 is 2.93 bits per heavy atom. The van der Waals surface area contributed by atoms with Gasteiger partial charge in [0, 0.05) is 5.92 Å². The predicted molar refractivity (Wildman–Crippen MR) is 66.6 cm³/mol. The second-order valence-corrected chi connectivity index (χ2v) is 4.66. The first-order chi connectivity index (χ1) is 7.31. The molecule has 2 atom stereocenters. The summed E-state index contributed by atoms with van der Waals surface area (Å²) >= 11 is 0. The summed E-state index contributed by atoms with van der Waals surface area (Å²) in [5, 5.41) is 0. The first-order valence-electron chi connectivity index (χ1n) is 6.05. The second-order valence-electron chi connectivity index (χ2n) is 4.66. The van der Waals surface area contributed by atoms with Gasteiger partial charge in [-0.1, -0.05) is 50.3 Å². The Morgan fingerprint density at radius 2 is 2.13 bits per heavy atom. The average Bonchev–Trinajstić information content (AvgIpc) is 2.23. The zero-order valence-electron chi connectivity index (χ0n) is 9.74. The van der Waals surface area contributed by atoms with Crippen LogP contribution in [0.2, 0.25) is 0 Å². The predicted octanol–water partition coefficient (Wildman–Crippen LogP) is 4.42. The summed E-state index contributed by atoms with van der Waals surface area (Å²) in [5.74, 6) is 1.46. The van der Waals surface area contributed by atoms with Crippen molar-refractivity contribution >= 4 is 0 Å². The third-order valence-electron chi connectivity index (χ3n) is 3.40. The van der Waals surface area contributed by atoms with Crippen molar-refractivity contribution < 1.29 is 0 Å². The third kappa shape index (κ3) is 2.31. The minimum atomic E-state index is 0.657. The Labute approximate surface area is 93.1 Å². The van der Waals surface area contributed by atoms with E-state index in [2.05, 4.69) is 50.3 Å². The molecule has 0 nitrogen and oxygen atoms in total. The zero-order valence-corrected chi connectivity index (χ0v) is 9.74. The normalized spacial score (nSPS) is 36.9. The average molecular weight is 200 g/mol. The standard InChI is InChI=1S/C15H20/c1-3-13-9-6-7-12(2)11-14-8-4-5-10-15(13)14/h4-6,8-10,12,14H,3,7,11H2,1-2H3/b9-6+,15-13-. The van der Waals surface area contributed by atoms with Crippen LogP contribution in [0.1, 0.15) is 33.1 Å². The second kappa shape index (κ2) is 4.65. The van der Waals surface area contributed by atoms with E-state index < -0.39 is 0 Å². The van der Waals surface area contributed by atoms with Gasteiger partial charge in [-0.25, -0.2) is 0 Å². The Hall–Kier alpha value is -1.04. The van der Waals surface area contributed by atoms with Crippen LogP contribution < -0.4 is 0 Å². The van der Waals surface area contributed by atoms with Crippen molar-refractivity contribution in [1.29, 1.82) is 0 Å². The van der Waals surface area contributed by atoms with E-state index in [0.29, 0.717) is 5.92 Å². The maximum Gasteiger partial charge on any atom is 0.00264 e. The maximum absolute atomic E-state index is 2.36. The lowest BCUT2D eigenvalue weighted by Crippen LogP contribution is -2.11. The lowest BCUT2D eigenvalue weighted by atomic mass is 9.81. The molecule has 0 saturated carbocycles. The molecule has 0 radical (unpaired) electrons. The van der Waals surface area contributed by atoms with Gasteiger partial charge in [0.1, 0.15) is 0 Å². The fourth-order valence-electron chi connectivity index (χ4n) is 2.53. The van der Waals surface area contributed by atoms with Crippen molar-refractivity contribution in [3.8, 4) is 0 Å². The van der Waals surface area contributed by atoms with Crippen molar-refractivity contribution in [1.82, 2.24) is 0 Å². The maximum atomic E-state index is 2.36. The van der Waals surface area contributed by atoms with E-state index in [-0.39, 0.29) is 0 Å². The highest BCUT2D eigenvalue weighted by Crippen LogP contribution is 2.32. The highest BCUT2D eigenvalue weighted by atomic mass is 14.2. The molecule has 0 aromatic carbocycles. The molecule has 2 aliphatic rings. The van der Waals surface area contributed by atoms with E-state index in [9.17, 15) is 0 Å². The molecular weight excluding hydrogens is 180 g/mol. The first kappa shape index (κ1) is 10.5. The smallest absolute Gasteiger partial charge is 0.00264 e. The molecule has 0 heteroatoms. The molecule has 2 unspecified atom stereocenters. The summed E-state index contributed by atoms with van der Waals surface area (Å²) in [6.07, 6.45) is 17.4. The van der Waals surface area contributed by atoms with Crippen LogP contribution in [0.3, 0.4) is 0 Å². The summed E-state index contributed by atoms with van der Waals surface area (Å²) in [7, 11) is 0. The molecule has 0 bridgehead atoms. The topological polar surface area (TPSA) is 0 Å². The third-order valence-corrected chi connectivity index (χ3v) is 3.40. The zero-order chi connectivity index (χ0) is 10.7. The van der Waals surface area contributed by atoms with Crippen LogP contribution >= 0.6 is 0 Å². The summed E-state index contributed by atoms with van der Waals surface area (Å²) in [4.78, 5) is 0. The summed E-state index contributed by atoms with van der Waals surface area (Å²) in [5.41, 5.74) is 3.07. The minimum Gasteiger partial charge on any atom is -0.0840 e. The van der Waals surface area contributed by atoms with Gasteiger partial charge < -0.3 is 0 Å². The lowest BCUT2D eigenvalue weighted by Gasteiger charge is -2.24. The highest BCUT2D eigenvalue weighted by Gasteiger charge is 2.18. The molecule has 0 aromatic heterocycles. The number of hydrogen-bond donors (Lipinski definition) is 0. The van der Waals surface area contributed by atoms with E-state index in [1.54, 1.807) is 5.57 Å². The minimum absolute atomic E-state index is 0.657. The van der Waals surface area contributed by atoms with Gasteiger partial charge in [0.25, 0.3) is 0 Å². The molecule has 15 heavy (non-hydrogen) atoms. The van der Waals surface area contributed by atoms with Crippen LogP contribution in [0, 0.1) is 11.8 Å². The molecule has 0 N–H and O–H groups in total. The Morgan fingerprint density at radius 1 is 1.27 bits per heavy atom. The van der Waals surface area contributed by atoms with Crippen LogP contribution in [0.4, 0.5) is 0 Å². The quantitative estimate of drug-likeness (QED) is 0.587. The van der Waals surface area contributed by atoms with E-state index in [4.69, 9.17) is 0 Å². The van der Waals surface area contributed by atoms with Gasteiger partial charge >= 0.3 is 0 Å². The monoisotopic (exact) mass is 200 g/mol. The molecule has 0 aliphatic heterocycles. The Bertz CT molecular complexity index is 339. The van der Waals surface area contributed by atoms with Gasteiger partial charge in [0.2, 0.25) is 0 Å². The van der Waals surface area contributed by atoms with Crippen LogP contribution in [-0.4, -0.2) is 0 Å². The largest absolute Gasteiger partial charge is 0.0840 e. The molecule has 2 rings (SSSR count). The van der Waals surface area contributed by atoms with Crippen molar-refractivity contribution in [3.63, 3.8) is 0 Å². The molecule has 0 spiro atoms. The van der Waals surface area contributed by atoms with E-state index in [0.717, 1.165) is 12.3 Å². The van der Waals surface area contributed by atoms with Crippen molar-refractivity contribution in [3.05, 3.63) is 47.6 Å². The Balaban J connectivity index is 2.36. The number of rotatable bonds is 1. The van der Waals surface area contributed by atoms with E-state index in [1.165, 1.54) is 18.4 Å². The molecule has 80 valence electrons. The summed E-state index contributed by atoms with van der Waals surface area (Å²) in [6.45, 7) is 4.60. The SMILES string of the molecule is CCC1=C2\C=CC=CC2CC(C)C\C=C\1. The fraction of sp³-hybridized carbons (Fsp3) is 0.467.